The average Bonchev–Trinajstić information content (AvgIpc) is 3.69. The van der Waals surface area contributed by atoms with E-state index in [4.69, 9.17) is 20.0 Å². The molecule has 52 heavy (non-hydrogen) atoms. The van der Waals surface area contributed by atoms with Crippen LogP contribution in [0, 0.1) is 0 Å². The summed E-state index contributed by atoms with van der Waals surface area (Å²) < 4.78 is 31.2. The third-order valence-corrected chi connectivity index (χ3v) is 11.3. The van der Waals surface area contributed by atoms with E-state index in [9.17, 15) is 8.42 Å². The van der Waals surface area contributed by atoms with Crippen molar-refractivity contribution in [3.8, 4) is 28.3 Å². The Kier molecular flexibility index (Phi) is 8.95. The first-order chi connectivity index (χ1) is 25.4. The fourth-order valence-corrected chi connectivity index (χ4v) is 8.49. The molecule has 8 nitrogen and oxygen atoms in total. The summed E-state index contributed by atoms with van der Waals surface area (Å²) in [6, 6.07) is 49.1. The van der Waals surface area contributed by atoms with Gasteiger partial charge in [-0.05, 0) is 45.0 Å². The van der Waals surface area contributed by atoms with Crippen LogP contribution in [0.2, 0.25) is 0 Å². The lowest BCUT2D eigenvalue weighted by Crippen LogP contribution is -2.39. The fraction of sp³-hybridized carbons (Fsp3) is 0.163. The van der Waals surface area contributed by atoms with Crippen molar-refractivity contribution in [2.45, 2.75) is 37.7 Å². The molecule has 7 aromatic rings. The van der Waals surface area contributed by atoms with Gasteiger partial charge in [0.25, 0.3) is 0 Å². The molecule has 5 aromatic carbocycles. The summed E-state index contributed by atoms with van der Waals surface area (Å²) in [5.74, 6) is 1.21. The van der Waals surface area contributed by atoms with E-state index in [2.05, 4.69) is 59.7 Å². The maximum atomic E-state index is 12.4. The minimum Gasteiger partial charge on any atom is -0.488 e. The number of pyridine rings is 1. The van der Waals surface area contributed by atoms with E-state index in [1.54, 1.807) is 4.80 Å². The first-order valence-corrected chi connectivity index (χ1v) is 19.3. The van der Waals surface area contributed by atoms with Crippen molar-refractivity contribution in [1.29, 1.82) is 0 Å². The molecule has 0 amide bonds. The average molecular weight is 704 g/mol. The Morgan fingerprint density at radius 3 is 1.90 bits per heavy atom. The lowest BCUT2D eigenvalue weighted by Gasteiger charge is -2.34. The summed E-state index contributed by atoms with van der Waals surface area (Å²) in [5, 5.41) is 14.6. The largest absolute Gasteiger partial charge is 0.488 e. The van der Waals surface area contributed by atoms with E-state index in [1.165, 1.54) is 0 Å². The molecule has 8 rings (SSSR count). The van der Waals surface area contributed by atoms with Crippen molar-refractivity contribution in [2.24, 2.45) is 0 Å². The van der Waals surface area contributed by atoms with Crippen LogP contribution >= 0.6 is 0 Å². The van der Waals surface area contributed by atoms with Gasteiger partial charge in [-0.15, -0.1) is 15.0 Å². The second-order valence-electron chi connectivity index (χ2n) is 13.0. The van der Waals surface area contributed by atoms with Crippen LogP contribution in [0.4, 0.5) is 0 Å². The summed E-state index contributed by atoms with van der Waals surface area (Å²) in [6.45, 7) is 2.34. The molecule has 258 valence electrons. The Bertz CT molecular complexity index is 2340. The Morgan fingerprint density at radius 2 is 1.31 bits per heavy atom. The monoisotopic (exact) mass is 703 g/mol. The van der Waals surface area contributed by atoms with E-state index in [0.717, 1.165) is 56.8 Å². The molecule has 0 atom stereocenters. The van der Waals surface area contributed by atoms with Crippen LogP contribution in [0.15, 0.2) is 146 Å². The number of hydrogen-bond acceptors (Lipinski definition) is 7. The topological polar surface area (TPSA) is 99.9 Å². The lowest BCUT2D eigenvalue weighted by atomic mass is 9.77. The van der Waals surface area contributed by atoms with Gasteiger partial charge in [0, 0.05) is 35.0 Å². The van der Waals surface area contributed by atoms with Gasteiger partial charge in [-0.25, -0.2) is 8.42 Å². The van der Waals surface area contributed by atoms with Crippen LogP contribution < -0.4 is 4.74 Å². The van der Waals surface area contributed by atoms with E-state index < -0.39 is 15.4 Å². The molecular weight excluding hydrogens is 667 g/mol. The molecule has 0 saturated carbocycles. The first kappa shape index (κ1) is 33.2. The zero-order valence-corrected chi connectivity index (χ0v) is 29.6. The number of aryl methyl sites for hydroxylation is 2. The number of nitrogens with zero attached hydrogens (tertiary/aromatic N) is 5. The van der Waals surface area contributed by atoms with E-state index in [-0.39, 0.29) is 11.5 Å². The quantitative estimate of drug-likeness (QED) is 0.134. The maximum Gasteiger partial charge on any atom is 0.205 e. The van der Waals surface area contributed by atoms with Crippen LogP contribution in [0.3, 0.4) is 0 Å². The second-order valence-corrected chi connectivity index (χ2v) is 15.2. The Hall–Kier alpha value is -5.93. The highest BCUT2D eigenvalue weighted by atomic mass is 32.2. The lowest BCUT2D eigenvalue weighted by molar-refractivity contribution is 0.302. The van der Waals surface area contributed by atoms with Gasteiger partial charge in [0.1, 0.15) is 12.4 Å². The summed E-state index contributed by atoms with van der Waals surface area (Å²) in [6.07, 6.45) is 1.17. The van der Waals surface area contributed by atoms with Crippen LogP contribution in [-0.2, 0) is 40.6 Å². The third-order valence-electron chi connectivity index (χ3n) is 9.71. The number of sulfone groups is 1. The number of hydrogen-bond donors (Lipinski definition) is 0. The molecule has 0 spiro atoms. The van der Waals surface area contributed by atoms with E-state index in [0.29, 0.717) is 30.2 Å². The van der Waals surface area contributed by atoms with Crippen molar-refractivity contribution in [2.75, 3.05) is 5.75 Å². The summed E-state index contributed by atoms with van der Waals surface area (Å²) >= 11 is 0. The minimum absolute atomic E-state index is 0.0355. The molecule has 1 aliphatic heterocycles. The van der Waals surface area contributed by atoms with Gasteiger partial charge < -0.3 is 4.74 Å². The molecule has 9 heteroatoms. The van der Waals surface area contributed by atoms with Gasteiger partial charge >= 0.3 is 0 Å². The van der Waals surface area contributed by atoms with Crippen LogP contribution in [0.5, 0.6) is 5.75 Å². The standard InChI is InChI=1S/C43H37N5O3S/c1-2-36-28-41(39-30-52(49,50)27-26-40(39)44-36)51-29-31-22-24-32(25-23-31)37-20-12-13-21-38(37)42-45-47-48(46-42)43(33-14-6-3-7-15-33,34-16-8-4-9-17-34)35-18-10-5-11-19-35/h3-25,28H,2,26-27,29-30H2,1H3. The molecule has 0 N–H and O–H groups in total. The number of ether oxygens (including phenoxy) is 1. The number of fused-ring (bicyclic) bond motifs is 1. The van der Waals surface area contributed by atoms with Gasteiger partial charge in [0.15, 0.2) is 15.4 Å². The SMILES string of the molecule is CCc1cc(OCc2ccc(-c3ccccc3-c3nnn(C(c4ccccc4)(c4ccccc4)c4ccccc4)n3)cc2)c2c(n1)CCS(=O)(=O)C2. The third kappa shape index (κ3) is 6.28. The van der Waals surface area contributed by atoms with Crippen LogP contribution in [0.25, 0.3) is 22.5 Å². The molecule has 0 radical (unpaired) electrons. The maximum absolute atomic E-state index is 12.4. The number of rotatable bonds is 10. The van der Waals surface area contributed by atoms with E-state index >= 15 is 0 Å². The smallest absolute Gasteiger partial charge is 0.205 e. The zero-order chi connectivity index (χ0) is 35.5. The molecule has 0 saturated heterocycles. The summed E-state index contributed by atoms with van der Waals surface area (Å²) in [5.41, 5.74) is 8.38. The van der Waals surface area contributed by atoms with E-state index in [1.807, 2.05) is 97.9 Å². The molecule has 1 aliphatic rings. The molecule has 3 heterocycles. The van der Waals surface area contributed by atoms with Gasteiger partial charge in [0.05, 0.1) is 11.5 Å². The zero-order valence-electron chi connectivity index (χ0n) is 28.8. The Morgan fingerprint density at radius 1 is 0.731 bits per heavy atom. The predicted molar refractivity (Wildman–Crippen MR) is 202 cm³/mol. The van der Waals surface area contributed by atoms with Gasteiger partial charge in [-0.1, -0.05) is 146 Å². The highest BCUT2D eigenvalue weighted by Gasteiger charge is 2.41. The van der Waals surface area contributed by atoms with Gasteiger partial charge in [-0.2, -0.15) is 0 Å². The fourth-order valence-electron chi connectivity index (χ4n) is 7.09. The number of benzene rings is 5. The Labute approximate surface area is 303 Å². The highest BCUT2D eigenvalue weighted by molar-refractivity contribution is 7.90. The van der Waals surface area contributed by atoms with Gasteiger partial charge in [0.2, 0.25) is 5.82 Å². The molecular formula is C43H37N5O3S. The molecule has 0 bridgehead atoms. The Balaban J connectivity index is 1.13. The van der Waals surface area contributed by atoms with Crippen LogP contribution in [-0.4, -0.2) is 39.4 Å². The minimum atomic E-state index is -3.17. The normalized spacial score (nSPS) is 13.7. The van der Waals surface area contributed by atoms with Crippen LogP contribution in [0.1, 0.15) is 46.1 Å². The van der Waals surface area contributed by atoms with Crippen molar-refractivity contribution in [3.05, 3.63) is 185 Å². The molecule has 0 fully saturated rings. The van der Waals surface area contributed by atoms with Gasteiger partial charge in [-0.3, -0.25) is 4.98 Å². The molecule has 0 aliphatic carbocycles. The van der Waals surface area contributed by atoms with Crippen molar-refractivity contribution >= 4 is 9.84 Å². The summed E-state index contributed by atoms with van der Waals surface area (Å²) in [4.78, 5) is 6.43. The van der Waals surface area contributed by atoms with Crippen molar-refractivity contribution < 1.29 is 13.2 Å². The number of tetrazole rings is 1. The van der Waals surface area contributed by atoms with Crippen molar-refractivity contribution in [1.82, 2.24) is 25.2 Å². The first-order valence-electron chi connectivity index (χ1n) is 17.5. The number of aromatic nitrogens is 5. The summed E-state index contributed by atoms with van der Waals surface area (Å²) in [7, 11) is -3.17. The second kappa shape index (κ2) is 14.0. The molecule has 0 unspecified atom stereocenters. The predicted octanol–water partition coefficient (Wildman–Crippen LogP) is 7.85. The molecule has 2 aromatic heterocycles. The van der Waals surface area contributed by atoms with Crippen molar-refractivity contribution in [3.63, 3.8) is 0 Å². The highest BCUT2D eigenvalue weighted by Crippen LogP contribution is 2.40.